The first-order chi connectivity index (χ1) is 16.1. The van der Waals surface area contributed by atoms with Crippen LogP contribution in [-0.2, 0) is 13.0 Å². The van der Waals surface area contributed by atoms with Gasteiger partial charge in [-0.05, 0) is 48.4 Å². The van der Waals surface area contributed by atoms with Crippen LogP contribution < -0.4 is 5.32 Å². The second-order valence-electron chi connectivity index (χ2n) is 7.57. The highest BCUT2D eigenvalue weighted by molar-refractivity contribution is 6.30. The number of nitriles is 1. The van der Waals surface area contributed by atoms with Gasteiger partial charge in [-0.2, -0.15) is 5.26 Å². The summed E-state index contributed by atoms with van der Waals surface area (Å²) in [5.41, 5.74) is 4.32. The fraction of sp³-hybridized carbons (Fsp3) is 0.0769. The lowest BCUT2D eigenvalue weighted by Gasteiger charge is -2.12. The number of hydrogen-bond donors (Lipinski definition) is 1. The highest BCUT2D eigenvalue weighted by Crippen LogP contribution is 2.30. The molecule has 6 nitrogen and oxygen atoms in total. The minimum absolute atomic E-state index is 0.290. The van der Waals surface area contributed by atoms with E-state index in [0.29, 0.717) is 51.6 Å². The monoisotopic (exact) mass is 451 g/mol. The summed E-state index contributed by atoms with van der Waals surface area (Å²) >= 11 is 5.96. The summed E-state index contributed by atoms with van der Waals surface area (Å²) in [6, 6.07) is 26.4. The number of amides is 1. The van der Waals surface area contributed by atoms with Gasteiger partial charge in [0.05, 0.1) is 11.0 Å². The van der Waals surface area contributed by atoms with E-state index in [-0.39, 0.29) is 5.91 Å². The van der Waals surface area contributed by atoms with Crippen LogP contribution in [0.4, 0.5) is 5.82 Å². The van der Waals surface area contributed by atoms with Gasteiger partial charge in [0.25, 0.3) is 5.91 Å². The molecule has 160 valence electrons. The number of nitrogens with one attached hydrogen (secondary N) is 1. The van der Waals surface area contributed by atoms with Gasteiger partial charge in [0.15, 0.2) is 5.65 Å². The molecule has 0 radical (unpaired) electrons. The Bertz CT molecular complexity index is 1520. The SMILES string of the molecule is N#Cc1c(NC(=O)c2ccc(Cl)cc2)n(CCc2ccccc2)c2nc3ccccc3nc12. The average Bonchev–Trinajstić information content (AvgIpc) is 3.13. The Morgan fingerprint density at radius 2 is 1.61 bits per heavy atom. The minimum Gasteiger partial charge on any atom is -0.309 e. The van der Waals surface area contributed by atoms with Crippen molar-refractivity contribution in [1.82, 2.24) is 14.5 Å². The molecule has 33 heavy (non-hydrogen) atoms. The highest BCUT2D eigenvalue weighted by atomic mass is 35.5. The maximum atomic E-state index is 13.0. The van der Waals surface area contributed by atoms with Gasteiger partial charge in [-0.25, -0.2) is 9.97 Å². The predicted octanol–water partition coefficient (Wildman–Crippen LogP) is 5.60. The number of carbonyl (C=O) groups is 1. The Hall–Kier alpha value is -4.21. The van der Waals surface area contributed by atoms with Crippen molar-refractivity contribution in [3.8, 4) is 6.07 Å². The van der Waals surface area contributed by atoms with Crippen molar-refractivity contribution in [3.63, 3.8) is 0 Å². The molecule has 0 atom stereocenters. The van der Waals surface area contributed by atoms with Crippen LogP contribution in [0.25, 0.3) is 22.2 Å². The van der Waals surface area contributed by atoms with Crippen LogP contribution in [0.2, 0.25) is 5.02 Å². The van der Waals surface area contributed by atoms with Gasteiger partial charge < -0.3 is 9.88 Å². The van der Waals surface area contributed by atoms with Crippen LogP contribution in [0.3, 0.4) is 0 Å². The fourth-order valence-corrected chi connectivity index (χ4v) is 3.95. The van der Waals surface area contributed by atoms with E-state index in [1.165, 1.54) is 0 Å². The van der Waals surface area contributed by atoms with Gasteiger partial charge in [0.2, 0.25) is 0 Å². The van der Waals surface area contributed by atoms with E-state index in [2.05, 4.69) is 11.4 Å². The molecule has 0 aliphatic rings. The van der Waals surface area contributed by atoms with E-state index >= 15 is 0 Å². The number of anilines is 1. The smallest absolute Gasteiger partial charge is 0.256 e. The summed E-state index contributed by atoms with van der Waals surface area (Å²) in [6.07, 6.45) is 0.702. The zero-order valence-electron chi connectivity index (χ0n) is 17.5. The van der Waals surface area contributed by atoms with E-state index in [1.807, 2.05) is 59.2 Å². The molecule has 5 aromatic rings. The minimum atomic E-state index is -0.337. The number of carbonyl (C=O) groups excluding carboxylic acids is 1. The molecule has 5 rings (SSSR count). The summed E-state index contributed by atoms with van der Waals surface area (Å²) in [5.74, 6) is 0.0511. The molecule has 0 saturated carbocycles. The number of aryl methyl sites for hydroxylation is 2. The molecule has 0 spiro atoms. The van der Waals surface area contributed by atoms with Gasteiger partial charge in [-0.15, -0.1) is 0 Å². The Kier molecular flexibility index (Phi) is 5.47. The quantitative estimate of drug-likeness (QED) is 0.376. The Labute approximate surface area is 195 Å². The first-order valence-corrected chi connectivity index (χ1v) is 10.8. The first kappa shape index (κ1) is 20.7. The van der Waals surface area contributed by atoms with Crippen LogP contribution in [-0.4, -0.2) is 20.4 Å². The normalized spacial score (nSPS) is 10.9. The number of aromatic nitrogens is 3. The van der Waals surface area contributed by atoms with E-state index < -0.39 is 0 Å². The van der Waals surface area contributed by atoms with Crippen LogP contribution >= 0.6 is 11.6 Å². The summed E-state index contributed by atoms with van der Waals surface area (Å²) < 4.78 is 1.87. The summed E-state index contributed by atoms with van der Waals surface area (Å²) in [4.78, 5) is 22.5. The number of fused-ring (bicyclic) bond motifs is 2. The van der Waals surface area contributed by atoms with Crippen LogP contribution in [0.1, 0.15) is 21.5 Å². The van der Waals surface area contributed by atoms with Gasteiger partial charge in [0, 0.05) is 17.1 Å². The van der Waals surface area contributed by atoms with E-state index in [0.717, 1.165) is 11.1 Å². The van der Waals surface area contributed by atoms with Crippen LogP contribution in [0.5, 0.6) is 0 Å². The Morgan fingerprint density at radius 3 is 2.30 bits per heavy atom. The lowest BCUT2D eigenvalue weighted by Crippen LogP contribution is -2.16. The lowest BCUT2D eigenvalue weighted by atomic mass is 10.1. The average molecular weight is 452 g/mol. The summed E-state index contributed by atoms with van der Waals surface area (Å²) in [5, 5.41) is 13.5. The zero-order valence-corrected chi connectivity index (χ0v) is 18.3. The molecule has 0 fully saturated rings. The topological polar surface area (TPSA) is 83.6 Å². The molecule has 0 aliphatic heterocycles. The molecule has 0 unspecified atom stereocenters. The molecule has 0 aliphatic carbocycles. The molecular weight excluding hydrogens is 434 g/mol. The van der Waals surface area contributed by atoms with Gasteiger partial charge in [-0.1, -0.05) is 54.1 Å². The third-order valence-corrected chi connectivity index (χ3v) is 5.72. The predicted molar refractivity (Wildman–Crippen MR) is 129 cm³/mol. The van der Waals surface area contributed by atoms with Crippen molar-refractivity contribution in [1.29, 1.82) is 5.26 Å². The van der Waals surface area contributed by atoms with Gasteiger partial charge in [-0.3, -0.25) is 4.79 Å². The summed E-state index contributed by atoms with van der Waals surface area (Å²) in [6.45, 7) is 0.519. The maximum Gasteiger partial charge on any atom is 0.256 e. The molecule has 1 N–H and O–H groups in total. The van der Waals surface area contributed by atoms with Crippen molar-refractivity contribution in [2.75, 3.05) is 5.32 Å². The number of para-hydroxylation sites is 2. The molecule has 7 heteroatoms. The standard InChI is InChI=1S/C26H18ClN5O/c27-19-12-10-18(11-13-19)26(33)31-24-20(16-28)23-25(30-22-9-5-4-8-21(22)29-23)32(24)15-14-17-6-2-1-3-7-17/h1-13H,14-15H2,(H,31,33). The summed E-state index contributed by atoms with van der Waals surface area (Å²) in [7, 11) is 0. The van der Waals surface area contributed by atoms with Crippen LogP contribution in [0.15, 0.2) is 78.9 Å². The van der Waals surface area contributed by atoms with Crippen molar-refractivity contribution >= 4 is 45.5 Å². The molecule has 0 saturated heterocycles. The number of hydrogen-bond acceptors (Lipinski definition) is 4. The highest BCUT2D eigenvalue weighted by Gasteiger charge is 2.22. The van der Waals surface area contributed by atoms with E-state index in [1.54, 1.807) is 24.3 Å². The van der Waals surface area contributed by atoms with Crippen molar-refractivity contribution < 1.29 is 4.79 Å². The molecule has 3 aromatic carbocycles. The molecule has 2 heterocycles. The number of halogens is 1. The number of benzene rings is 3. The van der Waals surface area contributed by atoms with Crippen molar-refractivity contribution in [2.24, 2.45) is 0 Å². The second kappa shape index (κ2) is 8.73. The second-order valence-corrected chi connectivity index (χ2v) is 8.00. The van der Waals surface area contributed by atoms with Crippen molar-refractivity contribution in [3.05, 3.63) is 101 Å². The zero-order chi connectivity index (χ0) is 22.8. The third kappa shape index (κ3) is 4.02. The maximum absolute atomic E-state index is 13.0. The van der Waals surface area contributed by atoms with Crippen LogP contribution in [0, 0.1) is 11.3 Å². The number of rotatable bonds is 5. The van der Waals surface area contributed by atoms with Crippen molar-refractivity contribution in [2.45, 2.75) is 13.0 Å². The Morgan fingerprint density at radius 1 is 0.939 bits per heavy atom. The van der Waals surface area contributed by atoms with Gasteiger partial charge >= 0.3 is 0 Å². The largest absolute Gasteiger partial charge is 0.309 e. The molecule has 1 amide bonds. The van der Waals surface area contributed by atoms with E-state index in [4.69, 9.17) is 21.6 Å². The molecule has 2 aromatic heterocycles. The molecular formula is C26H18ClN5O. The lowest BCUT2D eigenvalue weighted by molar-refractivity contribution is 0.102. The first-order valence-electron chi connectivity index (χ1n) is 10.4. The van der Waals surface area contributed by atoms with Gasteiger partial charge in [0.1, 0.15) is 23.0 Å². The fourth-order valence-electron chi connectivity index (χ4n) is 3.82. The van der Waals surface area contributed by atoms with E-state index in [9.17, 15) is 10.1 Å². The molecule has 0 bridgehead atoms. The third-order valence-electron chi connectivity index (χ3n) is 5.47. The Balaban J connectivity index is 1.64. The number of nitrogens with zero attached hydrogens (tertiary/aromatic N) is 4.